The number of hydrogen-bond acceptors (Lipinski definition) is 4. The van der Waals surface area contributed by atoms with E-state index in [0.717, 1.165) is 12.0 Å². The second-order valence-electron chi connectivity index (χ2n) is 6.18. The average molecular weight is 373 g/mol. The molecule has 0 saturated carbocycles. The predicted molar refractivity (Wildman–Crippen MR) is 96.8 cm³/mol. The van der Waals surface area contributed by atoms with Crippen LogP contribution in [0, 0.1) is 0 Å². The van der Waals surface area contributed by atoms with Crippen LogP contribution in [0.1, 0.15) is 28.8 Å². The van der Waals surface area contributed by atoms with E-state index in [1.54, 1.807) is 23.1 Å². The highest BCUT2D eigenvalue weighted by Crippen LogP contribution is 2.32. The number of benzene rings is 2. The number of nitrogens with one attached hydrogen (secondary N) is 1. The third-order valence-corrected chi connectivity index (χ3v) is 4.69. The number of hydrogen-bond donors (Lipinski definition) is 1. The summed E-state index contributed by atoms with van der Waals surface area (Å²) >= 11 is 6.08. The van der Waals surface area contributed by atoms with Crippen molar-refractivity contribution in [1.29, 1.82) is 0 Å². The molecule has 2 aliphatic heterocycles. The fourth-order valence-electron chi connectivity index (χ4n) is 3.15. The highest BCUT2D eigenvalue weighted by molar-refractivity contribution is 6.31. The number of carbonyl (C=O) groups excluding carboxylic acids is 2. The summed E-state index contributed by atoms with van der Waals surface area (Å²) in [4.78, 5) is 26.4. The molecule has 2 amide bonds. The Morgan fingerprint density at radius 3 is 2.81 bits per heavy atom. The van der Waals surface area contributed by atoms with Crippen molar-refractivity contribution in [2.24, 2.45) is 0 Å². The summed E-state index contributed by atoms with van der Waals surface area (Å²) in [5, 5.41) is 3.38. The maximum Gasteiger partial charge on any atom is 0.253 e. The van der Waals surface area contributed by atoms with E-state index in [1.807, 2.05) is 18.2 Å². The lowest BCUT2D eigenvalue weighted by Crippen LogP contribution is -2.29. The van der Waals surface area contributed by atoms with Gasteiger partial charge in [0.2, 0.25) is 12.7 Å². The van der Waals surface area contributed by atoms with Crippen LogP contribution in [0.5, 0.6) is 11.5 Å². The van der Waals surface area contributed by atoms with Crippen LogP contribution in [0.2, 0.25) is 5.02 Å². The minimum absolute atomic E-state index is 0.0112. The quantitative estimate of drug-likeness (QED) is 0.895. The third kappa shape index (κ3) is 3.20. The Bertz CT molecular complexity index is 884. The second-order valence-corrected chi connectivity index (χ2v) is 6.62. The molecule has 0 spiro atoms. The Labute approximate surface area is 155 Å². The normalized spacial score (nSPS) is 15.4. The van der Waals surface area contributed by atoms with E-state index in [1.165, 1.54) is 0 Å². The minimum Gasteiger partial charge on any atom is -0.454 e. The molecular formula is C19H17ClN2O4. The van der Waals surface area contributed by atoms with Gasteiger partial charge >= 0.3 is 0 Å². The van der Waals surface area contributed by atoms with Crippen molar-refractivity contribution in [3.8, 4) is 11.5 Å². The predicted octanol–water partition coefficient (Wildman–Crippen LogP) is 3.13. The molecule has 2 heterocycles. The molecule has 1 N–H and O–H groups in total. The number of fused-ring (bicyclic) bond motifs is 1. The zero-order valence-electron chi connectivity index (χ0n) is 14.0. The lowest BCUT2D eigenvalue weighted by molar-refractivity contribution is -0.117. The van der Waals surface area contributed by atoms with Gasteiger partial charge in [0.25, 0.3) is 5.91 Å². The van der Waals surface area contributed by atoms with E-state index >= 15 is 0 Å². The number of anilines is 1. The molecule has 0 aromatic heterocycles. The molecule has 26 heavy (non-hydrogen) atoms. The van der Waals surface area contributed by atoms with Crippen LogP contribution in [0.25, 0.3) is 0 Å². The van der Waals surface area contributed by atoms with Crippen molar-refractivity contribution in [3.63, 3.8) is 0 Å². The number of rotatable bonds is 4. The Balaban J connectivity index is 1.52. The third-order valence-electron chi connectivity index (χ3n) is 4.46. The molecule has 1 fully saturated rings. The van der Waals surface area contributed by atoms with Crippen molar-refractivity contribution in [2.75, 3.05) is 18.2 Å². The number of ether oxygens (including phenoxy) is 2. The molecule has 0 unspecified atom stereocenters. The van der Waals surface area contributed by atoms with E-state index < -0.39 is 0 Å². The van der Waals surface area contributed by atoms with Gasteiger partial charge in [0.1, 0.15) is 0 Å². The molecule has 4 rings (SSSR count). The van der Waals surface area contributed by atoms with E-state index in [9.17, 15) is 9.59 Å². The Kier molecular flexibility index (Phi) is 4.42. The van der Waals surface area contributed by atoms with Crippen molar-refractivity contribution in [3.05, 3.63) is 52.5 Å². The molecule has 1 saturated heterocycles. The molecule has 2 aromatic carbocycles. The van der Waals surface area contributed by atoms with Crippen LogP contribution < -0.4 is 19.7 Å². The molecule has 2 aliphatic rings. The van der Waals surface area contributed by atoms with Crippen LogP contribution in [-0.2, 0) is 11.3 Å². The lowest BCUT2D eigenvalue weighted by atomic mass is 10.1. The maximum absolute atomic E-state index is 12.7. The number of nitrogens with zero attached hydrogens (tertiary/aromatic N) is 1. The zero-order valence-corrected chi connectivity index (χ0v) is 14.7. The SMILES string of the molecule is O=C(NCc1ccc2c(c1)OCO2)c1ccc(Cl)cc1N1CCCC1=O. The van der Waals surface area contributed by atoms with Crippen LogP contribution >= 0.6 is 11.6 Å². The van der Waals surface area contributed by atoms with Crippen LogP contribution in [0.4, 0.5) is 5.69 Å². The molecule has 0 bridgehead atoms. The summed E-state index contributed by atoms with van der Waals surface area (Å²) in [7, 11) is 0. The summed E-state index contributed by atoms with van der Waals surface area (Å²) in [6.07, 6.45) is 1.27. The molecular weight excluding hydrogens is 356 g/mol. The van der Waals surface area contributed by atoms with Gasteiger partial charge in [-0.2, -0.15) is 0 Å². The average Bonchev–Trinajstić information content (AvgIpc) is 3.27. The molecule has 6 nitrogen and oxygen atoms in total. The van der Waals surface area contributed by atoms with Crippen LogP contribution in [0.3, 0.4) is 0 Å². The lowest BCUT2D eigenvalue weighted by Gasteiger charge is -2.19. The molecule has 0 aliphatic carbocycles. The summed E-state index contributed by atoms with van der Waals surface area (Å²) in [6, 6.07) is 10.5. The highest BCUT2D eigenvalue weighted by atomic mass is 35.5. The highest BCUT2D eigenvalue weighted by Gasteiger charge is 2.26. The van der Waals surface area contributed by atoms with Gasteiger partial charge in [-0.25, -0.2) is 0 Å². The van der Waals surface area contributed by atoms with E-state index in [-0.39, 0.29) is 18.6 Å². The minimum atomic E-state index is -0.256. The monoisotopic (exact) mass is 372 g/mol. The Morgan fingerprint density at radius 2 is 2.00 bits per heavy atom. The molecule has 0 radical (unpaired) electrons. The topological polar surface area (TPSA) is 67.9 Å². The summed E-state index contributed by atoms with van der Waals surface area (Å²) in [6.45, 7) is 1.15. The number of amides is 2. The van der Waals surface area contributed by atoms with E-state index in [0.29, 0.717) is 47.3 Å². The standard InChI is InChI=1S/C19H17ClN2O4/c20-13-4-5-14(15(9-13)22-7-1-2-18(22)23)19(24)21-10-12-3-6-16-17(8-12)26-11-25-16/h3-6,8-9H,1-2,7,10-11H2,(H,21,24). The summed E-state index contributed by atoms with van der Waals surface area (Å²) in [5.74, 6) is 1.13. The largest absolute Gasteiger partial charge is 0.454 e. The van der Waals surface area contributed by atoms with Crippen LogP contribution in [-0.4, -0.2) is 25.2 Å². The van der Waals surface area contributed by atoms with Gasteiger partial charge in [0.05, 0.1) is 11.3 Å². The van der Waals surface area contributed by atoms with Crippen molar-refractivity contribution in [2.45, 2.75) is 19.4 Å². The second kappa shape index (κ2) is 6.88. The van der Waals surface area contributed by atoms with E-state index in [2.05, 4.69) is 5.32 Å². The Morgan fingerprint density at radius 1 is 1.15 bits per heavy atom. The van der Waals surface area contributed by atoms with Gasteiger partial charge in [-0.3, -0.25) is 9.59 Å². The maximum atomic E-state index is 12.7. The number of halogens is 1. The first-order valence-corrected chi connectivity index (χ1v) is 8.76. The molecule has 2 aromatic rings. The first-order chi connectivity index (χ1) is 12.6. The fourth-order valence-corrected chi connectivity index (χ4v) is 3.32. The van der Waals surface area contributed by atoms with Crippen LogP contribution in [0.15, 0.2) is 36.4 Å². The van der Waals surface area contributed by atoms with Crippen molar-refractivity contribution < 1.29 is 19.1 Å². The van der Waals surface area contributed by atoms with Gasteiger partial charge in [0, 0.05) is 24.5 Å². The summed E-state index contributed by atoms with van der Waals surface area (Å²) < 4.78 is 10.6. The van der Waals surface area contributed by atoms with Crippen molar-refractivity contribution in [1.82, 2.24) is 5.32 Å². The first-order valence-electron chi connectivity index (χ1n) is 8.38. The summed E-state index contributed by atoms with van der Waals surface area (Å²) in [5.41, 5.74) is 1.89. The molecule has 0 atom stereocenters. The van der Waals surface area contributed by atoms with Gasteiger partial charge in [-0.1, -0.05) is 17.7 Å². The molecule has 7 heteroatoms. The first kappa shape index (κ1) is 16.7. The smallest absolute Gasteiger partial charge is 0.253 e. The number of carbonyl (C=O) groups is 2. The Hall–Kier alpha value is -2.73. The van der Waals surface area contributed by atoms with E-state index in [4.69, 9.17) is 21.1 Å². The van der Waals surface area contributed by atoms with Crippen molar-refractivity contribution >= 4 is 29.1 Å². The fraction of sp³-hybridized carbons (Fsp3) is 0.263. The van der Waals surface area contributed by atoms with Gasteiger partial charge < -0.3 is 19.7 Å². The van der Waals surface area contributed by atoms with Gasteiger partial charge in [-0.05, 0) is 42.3 Å². The van der Waals surface area contributed by atoms with Gasteiger partial charge in [-0.15, -0.1) is 0 Å². The van der Waals surface area contributed by atoms with Gasteiger partial charge in [0.15, 0.2) is 11.5 Å². The molecule has 134 valence electrons. The zero-order chi connectivity index (χ0) is 18.1.